The molecule has 0 radical (unpaired) electrons. The quantitative estimate of drug-likeness (QED) is 0.748. The largest absolute Gasteiger partial charge is 0.496 e. The number of aliphatic hydroxyl groups excluding tert-OH is 1. The Morgan fingerprint density at radius 3 is 2.05 bits per heavy atom. The van der Waals surface area contributed by atoms with Crippen molar-refractivity contribution in [1.82, 2.24) is 5.32 Å². The number of benzene rings is 1. The maximum absolute atomic E-state index is 9.76. The number of ether oxygens (including phenoxy) is 3. The van der Waals surface area contributed by atoms with Crippen LogP contribution in [0, 0.1) is 0 Å². The van der Waals surface area contributed by atoms with Gasteiger partial charge in [0.05, 0.1) is 14.2 Å². The molecule has 19 heavy (non-hydrogen) atoms. The van der Waals surface area contributed by atoms with E-state index in [1.54, 1.807) is 32.4 Å². The molecule has 1 atom stereocenters. The second kappa shape index (κ2) is 7.86. The second-order valence-corrected chi connectivity index (χ2v) is 4.58. The summed E-state index contributed by atoms with van der Waals surface area (Å²) in [4.78, 5) is 0. The topological polar surface area (TPSA) is 60.0 Å². The third-order valence-electron chi connectivity index (χ3n) is 2.53. The van der Waals surface area contributed by atoms with E-state index < -0.39 is 6.10 Å². The highest BCUT2D eigenvalue weighted by molar-refractivity contribution is 5.41. The smallest absolute Gasteiger partial charge is 0.126 e. The molecule has 1 rings (SSSR count). The van der Waals surface area contributed by atoms with Crippen LogP contribution in [0.4, 0.5) is 0 Å². The van der Waals surface area contributed by atoms with Crippen LogP contribution in [0.25, 0.3) is 0 Å². The molecular formula is C14H23NO4. The number of rotatable bonds is 8. The molecule has 0 bridgehead atoms. The van der Waals surface area contributed by atoms with Crippen molar-refractivity contribution in [3.05, 3.63) is 18.2 Å². The van der Waals surface area contributed by atoms with Crippen LogP contribution in [0.1, 0.15) is 13.8 Å². The fraction of sp³-hybridized carbons (Fsp3) is 0.571. The second-order valence-electron chi connectivity index (χ2n) is 4.58. The fourth-order valence-electron chi connectivity index (χ4n) is 1.49. The van der Waals surface area contributed by atoms with Gasteiger partial charge >= 0.3 is 0 Å². The summed E-state index contributed by atoms with van der Waals surface area (Å²) in [7, 11) is 3.17. The van der Waals surface area contributed by atoms with Gasteiger partial charge in [-0.1, -0.05) is 13.8 Å². The van der Waals surface area contributed by atoms with Crippen molar-refractivity contribution in [3.8, 4) is 17.2 Å². The van der Waals surface area contributed by atoms with Crippen LogP contribution in [-0.4, -0.2) is 44.6 Å². The Morgan fingerprint density at radius 2 is 1.58 bits per heavy atom. The lowest BCUT2D eigenvalue weighted by Gasteiger charge is -2.15. The number of hydrogen-bond acceptors (Lipinski definition) is 5. The lowest BCUT2D eigenvalue weighted by Crippen LogP contribution is -2.35. The SMILES string of the molecule is COc1cc(OC)cc(OCC(O)CNC(C)C)c1. The fourth-order valence-corrected chi connectivity index (χ4v) is 1.49. The summed E-state index contributed by atoms with van der Waals surface area (Å²) in [6.45, 7) is 4.77. The van der Waals surface area contributed by atoms with Crippen molar-refractivity contribution < 1.29 is 19.3 Å². The van der Waals surface area contributed by atoms with E-state index >= 15 is 0 Å². The van der Waals surface area contributed by atoms with E-state index in [0.29, 0.717) is 29.8 Å². The molecular weight excluding hydrogens is 246 g/mol. The molecule has 0 aliphatic carbocycles. The van der Waals surface area contributed by atoms with E-state index in [1.807, 2.05) is 13.8 Å². The molecule has 1 unspecified atom stereocenters. The minimum absolute atomic E-state index is 0.218. The Balaban J connectivity index is 2.52. The van der Waals surface area contributed by atoms with Gasteiger partial charge in [0.1, 0.15) is 30.0 Å². The Labute approximate surface area is 114 Å². The summed E-state index contributed by atoms with van der Waals surface area (Å²) in [5.41, 5.74) is 0. The average molecular weight is 269 g/mol. The van der Waals surface area contributed by atoms with Crippen molar-refractivity contribution in [1.29, 1.82) is 0 Å². The van der Waals surface area contributed by atoms with Gasteiger partial charge in [0.2, 0.25) is 0 Å². The molecule has 0 amide bonds. The standard InChI is InChI=1S/C14H23NO4/c1-10(2)15-8-11(16)9-19-14-6-12(17-3)5-13(7-14)18-4/h5-7,10-11,15-16H,8-9H2,1-4H3. The highest BCUT2D eigenvalue weighted by Crippen LogP contribution is 2.27. The minimum Gasteiger partial charge on any atom is -0.496 e. The molecule has 0 spiro atoms. The summed E-state index contributed by atoms with van der Waals surface area (Å²) in [6, 6.07) is 5.62. The third-order valence-corrected chi connectivity index (χ3v) is 2.53. The lowest BCUT2D eigenvalue weighted by atomic mass is 10.3. The zero-order valence-corrected chi connectivity index (χ0v) is 12.0. The molecule has 2 N–H and O–H groups in total. The van der Waals surface area contributed by atoms with Gasteiger partial charge in [0, 0.05) is 30.8 Å². The van der Waals surface area contributed by atoms with Gasteiger partial charge in [-0.25, -0.2) is 0 Å². The Kier molecular flexibility index (Phi) is 6.45. The van der Waals surface area contributed by atoms with E-state index in [4.69, 9.17) is 14.2 Å². The maximum Gasteiger partial charge on any atom is 0.126 e. The third kappa shape index (κ3) is 5.81. The van der Waals surface area contributed by atoms with Crippen LogP contribution in [0.15, 0.2) is 18.2 Å². The first-order valence-corrected chi connectivity index (χ1v) is 6.32. The molecule has 0 aliphatic rings. The molecule has 1 aromatic rings. The van der Waals surface area contributed by atoms with Gasteiger partial charge in [-0.15, -0.1) is 0 Å². The highest BCUT2D eigenvalue weighted by atomic mass is 16.5. The number of nitrogens with one attached hydrogen (secondary N) is 1. The van der Waals surface area contributed by atoms with Crippen LogP contribution >= 0.6 is 0 Å². The van der Waals surface area contributed by atoms with E-state index in [-0.39, 0.29) is 6.61 Å². The van der Waals surface area contributed by atoms with Crippen molar-refractivity contribution in [2.24, 2.45) is 0 Å². The first kappa shape index (κ1) is 15.6. The number of methoxy groups -OCH3 is 2. The van der Waals surface area contributed by atoms with Crippen LogP contribution in [0.5, 0.6) is 17.2 Å². The molecule has 0 saturated heterocycles. The lowest BCUT2D eigenvalue weighted by molar-refractivity contribution is 0.104. The van der Waals surface area contributed by atoms with Gasteiger partial charge in [-0.2, -0.15) is 0 Å². The minimum atomic E-state index is -0.556. The molecule has 1 aromatic carbocycles. The molecule has 0 aromatic heterocycles. The van der Waals surface area contributed by atoms with Gasteiger partial charge < -0.3 is 24.6 Å². The predicted octanol–water partition coefficient (Wildman–Crippen LogP) is 1.44. The zero-order valence-electron chi connectivity index (χ0n) is 12.0. The molecule has 0 saturated carbocycles. The van der Waals surface area contributed by atoms with Crippen molar-refractivity contribution in [3.63, 3.8) is 0 Å². The normalized spacial score (nSPS) is 12.3. The summed E-state index contributed by atoms with van der Waals surface area (Å²) in [5.74, 6) is 1.92. The number of aliphatic hydroxyl groups is 1. The highest BCUT2D eigenvalue weighted by Gasteiger charge is 2.08. The Hall–Kier alpha value is -1.46. The van der Waals surface area contributed by atoms with E-state index in [9.17, 15) is 5.11 Å². The molecule has 0 fully saturated rings. The summed E-state index contributed by atoms with van der Waals surface area (Å²) < 4.78 is 15.8. The first-order valence-electron chi connectivity index (χ1n) is 6.32. The molecule has 5 heteroatoms. The van der Waals surface area contributed by atoms with Crippen LogP contribution in [0.2, 0.25) is 0 Å². The van der Waals surface area contributed by atoms with E-state index in [2.05, 4.69) is 5.32 Å². The monoisotopic (exact) mass is 269 g/mol. The van der Waals surface area contributed by atoms with Gasteiger partial charge in [-0.3, -0.25) is 0 Å². The summed E-state index contributed by atoms with van der Waals surface area (Å²) in [6.07, 6.45) is -0.556. The molecule has 0 heterocycles. The first-order chi connectivity index (χ1) is 9.05. The van der Waals surface area contributed by atoms with Gasteiger partial charge in [-0.05, 0) is 0 Å². The summed E-state index contributed by atoms with van der Waals surface area (Å²) in [5, 5.41) is 12.9. The predicted molar refractivity (Wildman–Crippen MR) is 74.2 cm³/mol. The van der Waals surface area contributed by atoms with Crippen LogP contribution in [-0.2, 0) is 0 Å². The van der Waals surface area contributed by atoms with Gasteiger partial charge in [0.25, 0.3) is 0 Å². The maximum atomic E-state index is 9.76. The van der Waals surface area contributed by atoms with Crippen LogP contribution in [0.3, 0.4) is 0 Å². The average Bonchev–Trinajstić information content (AvgIpc) is 2.42. The summed E-state index contributed by atoms with van der Waals surface area (Å²) >= 11 is 0. The van der Waals surface area contributed by atoms with Crippen molar-refractivity contribution in [2.45, 2.75) is 26.0 Å². The van der Waals surface area contributed by atoms with E-state index in [1.165, 1.54) is 0 Å². The Morgan fingerprint density at radius 1 is 1.05 bits per heavy atom. The molecule has 108 valence electrons. The van der Waals surface area contributed by atoms with Crippen LogP contribution < -0.4 is 19.5 Å². The van der Waals surface area contributed by atoms with E-state index in [0.717, 1.165) is 0 Å². The van der Waals surface area contributed by atoms with Crippen molar-refractivity contribution in [2.75, 3.05) is 27.4 Å². The van der Waals surface area contributed by atoms with Crippen molar-refractivity contribution >= 4 is 0 Å². The zero-order chi connectivity index (χ0) is 14.3. The molecule has 5 nitrogen and oxygen atoms in total. The van der Waals surface area contributed by atoms with Gasteiger partial charge in [0.15, 0.2) is 0 Å². The molecule has 0 aliphatic heterocycles. The Bertz CT molecular complexity index is 359. The number of hydrogen-bond donors (Lipinski definition) is 2.